The number of hydrogen-bond acceptors (Lipinski definition) is 3. The van der Waals surface area contributed by atoms with Crippen LogP contribution in [0.3, 0.4) is 0 Å². The second-order valence-electron chi connectivity index (χ2n) is 4.51. The molecule has 2 rings (SSSR count). The highest BCUT2D eigenvalue weighted by Crippen LogP contribution is 2.19. The Hall–Kier alpha value is -2.23. The summed E-state index contributed by atoms with van der Waals surface area (Å²) in [6.45, 7) is 5.04. The van der Waals surface area contributed by atoms with E-state index >= 15 is 0 Å². The summed E-state index contributed by atoms with van der Waals surface area (Å²) in [4.78, 5) is 11.3. The molecule has 1 aromatic heterocycles. The van der Waals surface area contributed by atoms with Crippen LogP contribution in [0.25, 0.3) is 0 Å². The standard InChI is InChI=1S/C15H18N2O2/c1-11-9-13(18)10-12(2)17(11)7-8-19-15-6-4-3-5-14(15)16/h3-6,9-10H,7-8,16H2,1-2H3. The lowest BCUT2D eigenvalue weighted by molar-refractivity contribution is 0.297. The summed E-state index contributed by atoms with van der Waals surface area (Å²) in [6, 6.07) is 10.7. The van der Waals surface area contributed by atoms with Gasteiger partial charge in [0.25, 0.3) is 0 Å². The van der Waals surface area contributed by atoms with Crippen LogP contribution in [0.5, 0.6) is 5.75 Å². The van der Waals surface area contributed by atoms with Crippen LogP contribution in [0.1, 0.15) is 11.4 Å². The highest BCUT2D eigenvalue weighted by Gasteiger charge is 2.03. The molecule has 0 saturated heterocycles. The number of nitrogen functional groups attached to an aromatic ring is 1. The van der Waals surface area contributed by atoms with Gasteiger partial charge in [-0.2, -0.15) is 0 Å². The molecule has 100 valence electrons. The molecule has 0 amide bonds. The third kappa shape index (κ3) is 3.16. The predicted octanol–water partition coefficient (Wildman–Crippen LogP) is 2.13. The van der Waals surface area contributed by atoms with Crippen LogP contribution in [0.4, 0.5) is 5.69 Å². The van der Waals surface area contributed by atoms with E-state index in [1.54, 1.807) is 12.1 Å². The Morgan fingerprint density at radius 3 is 2.42 bits per heavy atom. The van der Waals surface area contributed by atoms with E-state index in [-0.39, 0.29) is 5.43 Å². The van der Waals surface area contributed by atoms with Crippen molar-refractivity contribution in [3.05, 3.63) is 58.0 Å². The van der Waals surface area contributed by atoms with Crippen molar-refractivity contribution in [2.75, 3.05) is 12.3 Å². The highest BCUT2D eigenvalue weighted by atomic mass is 16.5. The number of nitrogens with zero attached hydrogens (tertiary/aromatic N) is 1. The van der Waals surface area contributed by atoms with Gasteiger partial charge in [0.15, 0.2) is 5.43 Å². The molecular weight excluding hydrogens is 240 g/mol. The largest absolute Gasteiger partial charge is 0.490 e. The Morgan fingerprint density at radius 2 is 1.79 bits per heavy atom. The normalized spacial score (nSPS) is 10.4. The first-order valence-corrected chi connectivity index (χ1v) is 6.23. The molecule has 0 atom stereocenters. The first-order chi connectivity index (χ1) is 9.08. The van der Waals surface area contributed by atoms with Crippen LogP contribution in [0.15, 0.2) is 41.2 Å². The third-order valence-corrected chi connectivity index (χ3v) is 3.05. The minimum atomic E-state index is 0.0412. The minimum Gasteiger partial charge on any atom is -0.490 e. The zero-order valence-corrected chi connectivity index (χ0v) is 11.2. The van der Waals surface area contributed by atoms with Gasteiger partial charge >= 0.3 is 0 Å². The molecular formula is C15H18N2O2. The lowest BCUT2D eigenvalue weighted by Crippen LogP contribution is -2.17. The van der Waals surface area contributed by atoms with Crippen molar-refractivity contribution < 1.29 is 4.74 Å². The molecule has 0 aliphatic carbocycles. The topological polar surface area (TPSA) is 57.2 Å². The maximum absolute atomic E-state index is 11.3. The third-order valence-electron chi connectivity index (χ3n) is 3.05. The Balaban J connectivity index is 2.04. The van der Waals surface area contributed by atoms with Gasteiger partial charge in [-0.25, -0.2) is 0 Å². The summed E-state index contributed by atoms with van der Waals surface area (Å²) in [5.41, 5.74) is 8.36. The second-order valence-corrected chi connectivity index (χ2v) is 4.51. The fraction of sp³-hybridized carbons (Fsp3) is 0.267. The van der Waals surface area contributed by atoms with E-state index < -0.39 is 0 Å². The average molecular weight is 258 g/mol. The van der Waals surface area contributed by atoms with Gasteiger partial charge in [-0.1, -0.05) is 12.1 Å². The van der Waals surface area contributed by atoms with Gasteiger partial charge in [0.2, 0.25) is 0 Å². The molecule has 19 heavy (non-hydrogen) atoms. The maximum atomic E-state index is 11.3. The molecule has 1 heterocycles. The van der Waals surface area contributed by atoms with Crippen molar-refractivity contribution in [1.82, 2.24) is 4.57 Å². The molecule has 0 unspecified atom stereocenters. The van der Waals surface area contributed by atoms with E-state index in [0.29, 0.717) is 24.6 Å². The van der Waals surface area contributed by atoms with E-state index in [1.807, 2.05) is 38.1 Å². The van der Waals surface area contributed by atoms with Crippen molar-refractivity contribution in [3.8, 4) is 5.75 Å². The van der Waals surface area contributed by atoms with E-state index in [1.165, 1.54) is 0 Å². The summed E-state index contributed by atoms with van der Waals surface area (Å²) in [7, 11) is 0. The van der Waals surface area contributed by atoms with E-state index in [4.69, 9.17) is 10.5 Å². The number of aryl methyl sites for hydroxylation is 2. The molecule has 2 N–H and O–H groups in total. The van der Waals surface area contributed by atoms with Gasteiger partial charge < -0.3 is 15.0 Å². The number of nitrogens with two attached hydrogens (primary N) is 1. The number of hydrogen-bond donors (Lipinski definition) is 1. The molecule has 0 aliphatic heterocycles. The number of anilines is 1. The first kappa shape index (κ1) is 13.2. The van der Waals surface area contributed by atoms with Gasteiger partial charge in [0.1, 0.15) is 12.4 Å². The number of aromatic nitrogens is 1. The molecule has 0 spiro atoms. The van der Waals surface area contributed by atoms with Gasteiger partial charge in [0.05, 0.1) is 12.2 Å². The number of rotatable bonds is 4. The van der Waals surface area contributed by atoms with Gasteiger partial charge in [-0.3, -0.25) is 4.79 Å². The lowest BCUT2D eigenvalue weighted by Gasteiger charge is -2.15. The molecule has 0 fully saturated rings. The molecule has 4 heteroatoms. The second kappa shape index (κ2) is 5.61. The smallest absolute Gasteiger partial charge is 0.182 e. The monoisotopic (exact) mass is 258 g/mol. The Kier molecular flexibility index (Phi) is 3.90. The zero-order chi connectivity index (χ0) is 13.8. The Morgan fingerprint density at radius 1 is 1.16 bits per heavy atom. The zero-order valence-electron chi connectivity index (χ0n) is 11.2. The molecule has 0 aliphatic rings. The van der Waals surface area contributed by atoms with Crippen molar-refractivity contribution in [1.29, 1.82) is 0 Å². The van der Waals surface area contributed by atoms with Gasteiger partial charge in [0, 0.05) is 23.5 Å². The first-order valence-electron chi connectivity index (χ1n) is 6.23. The molecule has 4 nitrogen and oxygen atoms in total. The quantitative estimate of drug-likeness (QED) is 0.855. The Labute approximate surface area is 112 Å². The summed E-state index contributed by atoms with van der Waals surface area (Å²) < 4.78 is 7.71. The van der Waals surface area contributed by atoms with Crippen LogP contribution in [-0.4, -0.2) is 11.2 Å². The summed E-state index contributed by atoms with van der Waals surface area (Å²) >= 11 is 0. The van der Waals surface area contributed by atoms with E-state index in [0.717, 1.165) is 11.4 Å². The number of benzene rings is 1. The molecule has 0 bridgehead atoms. The fourth-order valence-electron chi connectivity index (χ4n) is 2.10. The number of pyridine rings is 1. The number of para-hydroxylation sites is 2. The van der Waals surface area contributed by atoms with Crippen molar-refractivity contribution in [2.45, 2.75) is 20.4 Å². The SMILES string of the molecule is Cc1cc(=O)cc(C)n1CCOc1ccccc1N. The summed E-state index contributed by atoms with van der Waals surface area (Å²) in [5, 5.41) is 0. The summed E-state index contributed by atoms with van der Waals surface area (Å²) in [5.74, 6) is 0.693. The van der Waals surface area contributed by atoms with Gasteiger partial charge in [-0.05, 0) is 26.0 Å². The number of ether oxygens (including phenoxy) is 1. The molecule has 2 aromatic rings. The lowest BCUT2D eigenvalue weighted by atomic mass is 10.3. The van der Waals surface area contributed by atoms with Crippen LogP contribution in [0, 0.1) is 13.8 Å². The van der Waals surface area contributed by atoms with Crippen LogP contribution >= 0.6 is 0 Å². The molecule has 0 radical (unpaired) electrons. The van der Waals surface area contributed by atoms with Gasteiger partial charge in [-0.15, -0.1) is 0 Å². The van der Waals surface area contributed by atoms with Crippen molar-refractivity contribution in [3.63, 3.8) is 0 Å². The van der Waals surface area contributed by atoms with E-state index in [9.17, 15) is 4.79 Å². The average Bonchev–Trinajstić information content (AvgIpc) is 2.34. The Bertz CT molecular complexity index is 606. The fourth-order valence-corrected chi connectivity index (χ4v) is 2.10. The van der Waals surface area contributed by atoms with Crippen LogP contribution < -0.4 is 15.9 Å². The van der Waals surface area contributed by atoms with Crippen LogP contribution in [-0.2, 0) is 6.54 Å². The van der Waals surface area contributed by atoms with Crippen molar-refractivity contribution >= 4 is 5.69 Å². The predicted molar refractivity (Wildman–Crippen MR) is 76.5 cm³/mol. The summed E-state index contributed by atoms with van der Waals surface area (Å²) in [6.07, 6.45) is 0. The highest BCUT2D eigenvalue weighted by molar-refractivity contribution is 5.51. The van der Waals surface area contributed by atoms with E-state index in [2.05, 4.69) is 4.57 Å². The molecule has 1 aromatic carbocycles. The molecule has 0 saturated carbocycles. The minimum absolute atomic E-state index is 0.0412. The maximum Gasteiger partial charge on any atom is 0.182 e. The van der Waals surface area contributed by atoms with Crippen molar-refractivity contribution in [2.24, 2.45) is 0 Å². The van der Waals surface area contributed by atoms with Crippen LogP contribution in [0.2, 0.25) is 0 Å².